The summed E-state index contributed by atoms with van der Waals surface area (Å²) in [6.07, 6.45) is 0. The molecule has 0 heterocycles. The van der Waals surface area contributed by atoms with Crippen LogP contribution in [0.15, 0.2) is 29.2 Å². The van der Waals surface area contributed by atoms with Crippen LogP contribution in [0.3, 0.4) is 0 Å². The van der Waals surface area contributed by atoms with E-state index in [4.69, 9.17) is 0 Å². The smallest absolute Gasteiger partial charge is 0.296 e. The highest BCUT2D eigenvalue weighted by Crippen LogP contribution is 2.15. The summed E-state index contributed by atoms with van der Waals surface area (Å²) in [4.78, 5) is 10.8. The molecule has 0 radical (unpaired) electrons. The lowest BCUT2D eigenvalue weighted by Gasteiger charge is -2.03. The van der Waals surface area contributed by atoms with Gasteiger partial charge in [0.15, 0.2) is 0 Å². The molecule has 0 spiro atoms. The highest BCUT2D eigenvalue weighted by molar-refractivity contribution is 7.86. The SMILES string of the molecule is COS(=O)(=O)c1ccc(NC(C)=O)cc1. The van der Waals surface area contributed by atoms with E-state index in [2.05, 4.69) is 9.50 Å². The minimum absolute atomic E-state index is 0.0547. The van der Waals surface area contributed by atoms with Crippen LogP contribution in [0.5, 0.6) is 0 Å². The highest BCUT2D eigenvalue weighted by atomic mass is 32.2. The first-order chi connectivity index (χ1) is 6.95. The summed E-state index contributed by atoms with van der Waals surface area (Å²) in [5.41, 5.74) is 0.539. The van der Waals surface area contributed by atoms with E-state index < -0.39 is 10.1 Å². The number of rotatable bonds is 3. The van der Waals surface area contributed by atoms with E-state index in [9.17, 15) is 13.2 Å². The minimum atomic E-state index is -3.66. The Hall–Kier alpha value is -1.40. The third-order valence-corrected chi connectivity index (χ3v) is 2.97. The molecule has 0 atom stereocenters. The molecule has 0 aliphatic heterocycles. The molecule has 5 nitrogen and oxygen atoms in total. The number of anilines is 1. The Bertz CT molecular complexity index is 450. The largest absolute Gasteiger partial charge is 0.326 e. The van der Waals surface area contributed by atoms with Crippen LogP contribution in [-0.4, -0.2) is 21.4 Å². The van der Waals surface area contributed by atoms with Gasteiger partial charge in [0.05, 0.1) is 12.0 Å². The van der Waals surface area contributed by atoms with Gasteiger partial charge in [0.25, 0.3) is 10.1 Å². The monoisotopic (exact) mass is 229 g/mol. The van der Waals surface area contributed by atoms with Crippen molar-refractivity contribution in [2.45, 2.75) is 11.8 Å². The molecule has 0 saturated heterocycles. The van der Waals surface area contributed by atoms with Crippen molar-refractivity contribution >= 4 is 21.7 Å². The van der Waals surface area contributed by atoms with E-state index in [1.165, 1.54) is 31.2 Å². The number of nitrogens with one attached hydrogen (secondary N) is 1. The lowest BCUT2D eigenvalue weighted by molar-refractivity contribution is -0.114. The predicted molar refractivity (Wildman–Crippen MR) is 54.9 cm³/mol. The quantitative estimate of drug-likeness (QED) is 0.784. The maximum absolute atomic E-state index is 11.2. The summed E-state index contributed by atoms with van der Waals surface area (Å²) >= 11 is 0. The first kappa shape index (κ1) is 11.7. The van der Waals surface area contributed by atoms with Gasteiger partial charge in [-0.25, -0.2) is 0 Å². The van der Waals surface area contributed by atoms with Crippen LogP contribution < -0.4 is 5.32 Å². The normalized spacial score (nSPS) is 11.1. The highest BCUT2D eigenvalue weighted by Gasteiger charge is 2.11. The number of hydrogen-bond acceptors (Lipinski definition) is 4. The molecular weight excluding hydrogens is 218 g/mol. The maximum Gasteiger partial charge on any atom is 0.296 e. The molecule has 1 aromatic rings. The fourth-order valence-electron chi connectivity index (χ4n) is 1.00. The zero-order valence-corrected chi connectivity index (χ0v) is 9.17. The lowest BCUT2D eigenvalue weighted by Crippen LogP contribution is -2.06. The molecule has 1 N–H and O–H groups in total. The van der Waals surface area contributed by atoms with E-state index in [1.54, 1.807) is 0 Å². The van der Waals surface area contributed by atoms with Crippen LogP contribution in [0.25, 0.3) is 0 Å². The topological polar surface area (TPSA) is 72.5 Å². The van der Waals surface area contributed by atoms with Crippen molar-refractivity contribution in [3.63, 3.8) is 0 Å². The second-order valence-electron chi connectivity index (χ2n) is 2.83. The fraction of sp³-hybridized carbons (Fsp3) is 0.222. The Morgan fingerprint density at radius 3 is 2.20 bits per heavy atom. The molecule has 1 amide bonds. The summed E-state index contributed by atoms with van der Waals surface area (Å²) in [5, 5.41) is 2.53. The third kappa shape index (κ3) is 3.03. The summed E-state index contributed by atoms with van der Waals surface area (Å²) in [7, 11) is -2.56. The van der Waals surface area contributed by atoms with Gasteiger partial charge >= 0.3 is 0 Å². The van der Waals surface area contributed by atoms with Crippen molar-refractivity contribution in [3.8, 4) is 0 Å². The van der Waals surface area contributed by atoms with Crippen LogP contribution in [0.1, 0.15) is 6.92 Å². The third-order valence-electron chi connectivity index (χ3n) is 1.68. The van der Waals surface area contributed by atoms with Crippen LogP contribution >= 0.6 is 0 Å². The molecule has 82 valence electrons. The number of amides is 1. The van der Waals surface area contributed by atoms with Crippen LogP contribution in [-0.2, 0) is 19.1 Å². The predicted octanol–water partition coefficient (Wildman–Crippen LogP) is 0.980. The zero-order chi connectivity index (χ0) is 11.5. The van der Waals surface area contributed by atoms with Crippen molar-refractivity contribution in [2.24, 2.45) is 0 Å². The van der Waals surface area contributed by atoms with Gasteiger partial charge in [-0.3, -0.25) is 8.98 Å². The molecular formula is C9H11NO4S. The Morgan fingerprint density at radius 1 is 1.27 bits per heavy atom. The zero-order valence-electron chi connectivity index (χ0n) is 8.35. The summed E-state index contributed by atoms with van der Waals surface area (Å²) in [5.74, 6) is -0.211. The summed E-state index contributed by atoms with van der Waals surface area (Å²) in [6, 6.07) is 5.72. The van der Waals surface area contributed by atoms with Gasteiger partial charge in [-0.2, -0.15) is 8.42 Å². The molecule has 0 saturated carbocycles. The lowest BCUT2D eigenvalue weighted by atomic mass is 10.3. The van der Waals surface area contributed by atoms with E-state index in [1.807, 2.05) is 0 Å². The molecule has 0 fully saturated rings. The van der Waals surface area contributed by atoms with Crippen molar-refractivity contribution in [2.75, 3.05) is 12.4 Å². The van der Waals surface area contributed by atoms with Crippen LogP contribution in [0, 0.1) is 0 Å². The van der Waals surface area contributed by atoms with Crippen molar-refractivity contribution in [1.82, 2.24) is 0 Å². The number of carbonyl (C=O) groups is 1. The number of benzene rings is 1. The molecule has 1 rings (SSSR count). The molecule has 0 unspecified atom stereocenters. The molecule has 0 aromatic heterocycles. The molecule has 0 aliphatic carbocycles. The van der Waals surface area contributed by atoms with Crippen molar-refractivity contribution in [3.05, 3.63) is 24.3 Å². The Labute approximate surface area is 88.2 Å². The first-order valence-corrected chi connectivity index (χ1v) is 5.55. The van der Waals surface area contributed by atoms with E-state index in [0.29, 0.717) is 5.69 Å². The molecule has 15 heavy (non-hydrogen) atoms. The number of hydrogen-bond donors (Lipinski definition) is 1. The maximum atomic E-state index is 11.2. The molecule has 6 heteroatoms. The first-order valence-electron chi connectivity index (χ1n) is 4.14. The summed E-state index contributed by atoms with van der Waals surface area (Å²) < 4.78 is 26.8. The average Bonchev–Trinajstić information content (AvgIpc) is 2.18. The van der Waals surface area contributed by atoms with Crippen molar-refractivity contribution < 1.29 is 17.4 Å². The van der Waals surface area contributed by atoms with Crippen LogP contribution in [0.2, 0.25) is 0 Å². The molecule has 0 bridgehead atoms. The van der Waals surface area contributed by atoms with Gasteiger partial charge in [0.1, 0.15) is 0 Å². The Balaban J connectivity index is 2.95. The Kier molecular flexibility index (Phi) is 3.43. The van der Waals surface area contributed by atoms with Gasteiger partial charge in [-0.1, -0.05) is 0 Å². The molecule has 0 aliphatic rings. The van der Waals surface area contributed by atoms with E-state index >= 15 is 0 Å². The fourth-order valence-corrected chi connectivity index (χ4v) is 1.67. The summed E-state index contributed by atoms with van der Waals surface area (Å²) in [6.45, 7) is 1.37. The van der Waals surface area contributed by atoms with Gasteiger partial charge in [0, 0.05) is 12.6 Å². The van der Waals surface area contributed by atoms with E-state index in [-0.39, 0.29) is 10.8 Å². The standard InChI is InChI=1S/C9H11NO4S/c1-7(11)10-8-3-5-9(6-4-8)15(12,13)14-2/h3-6H,1-2H3,(H,10,11). The van der Waals surface area contributed by atoms with Gasteiger partial charge in [0.2, 0.25) is 5.91 Å². The van der Waals surface area contributed by atoms with Gasteiger partial charge in [-0.05, 0) is 24.3 Å². The second-order valence-corrected chi connectivity index (χ2v) is 4.54. The van der Waals surface area contributed by atoms with Crippen LogP contribution in [0.4, 0.5) is 5.69 Å². The minimum Gasteiger partial charge on any atom is -0.326 e. The average molecular weight is 229 g/mol. The van der Waals surface area contributed by atoms with Gasteiger partial charge < -0.3 is 5.32 Å². The van der Waals surface area contributed by atoms with E-state index in [0.717, 1.165) is 7.11 Å². The molecule has 1 aromatic carbocycles. The Morgan fingerprint density at radius 2 is 1.80 bits per heavy atom. The second kappa shape index (κ2) is 4.41. The van der Waals surface area contributed by atoms with Gasteiger partial charge in [-0.15, -0.1) is 0 Å². The van der Waals surface area contributed by atoms with Crippen molar-refractivity contribution in [1.29, 1.82) is 0 Å². The number of carbonyl (C=O) groups excluding carboxylic acids is 1.